The van der Waals surface area contributed by atoms with E-state index >= 15 is 0 Å². The molecular formula is C18H17BrN4O4S. The van der Waals surface area contributed by atoms with Crippen molar-refractivity contribution in [3.63, 3.8) is 0 Å². The summed E-state index contributed by atoms with van der Waals surface area (Å²) >= 11 is 3.29. The Labute approximate surface area is 171 Å². The number of halogens is 1. The van der Waals surface area contributed by atoms with Gasteiger partial charge in [0.25, 0.3) is 5.91 Å². The van der Waals surface area contributed by atoms with Crippen LogP contribution in [-0.4, -0.2) is 39.9 Å². The molecule has 0 unspecified atom stereocenters. The maximum atomic E-state index is 12.2. The Kier molecular flexibility index (Phi) is 7.54. The number of carbonyl (C=O) groups is 1. The highest BCUT2D eigenvalue weighted by Crippen LogP contribution is 2.27. The third kappa shape index (κ3) is 6.37. The molecule has 2 aromatic carbocycles. The maximum Gasteiger partial charge on any atom is 0.260 e. The summed E-state index contributed by atoms with van der Waals surface area (Å²) in [5.74, 6) is -0.0497. The summed E-state index contributed by atoms with van der Waals surface area (Å²) < 4.78 is 30.8. The van der Waals surface area contributed by atoms with Gasteiger partial charge in [0.2, 0.25) is 10.0 Å². The molecule has 0 aliphatic rings. The van der Waals surface area contributed by atoms with Crippen molar-refractivity contribution < 1.29 is 17.9 Å². The van der Waals surface area contributed by atoms with Crippen molar-refractivity contribution in [1.82, 2.24) is 5.43 Å². The molecule has 0 aliphatic heterocycles. The number of benzene rings is 2. The smallest absolute Gasteiger partial charge is 0.260 e. The molecule has 2 aromatic rings. The van der Waals surface area contributed by atoms with Crippen molar-refractivity contribution >= 4 is 43.8 Å². The van der Waals surface area contributed by atoms with Gasteiger partial charge in [0.1, 0.15) is 18.4 Å². The molecule has 0 radical (unpaired) electrons. The number of amides is 1. The Balaban J connectivity index is 2.01. The fourth-order valence-electron chi connectivity index (χ4n) is 2.15. The monoisotopic (exact) mass is 464 g/mol. The van der Waals surface area contributed by atoms with Crippen LogP contribution in [0.5, 0.6) is 5.75 Å². The molecule has 8 nitrogen and oxygen atoms in total. The van der Waals surface area contributed by atoms with E-state index in [4.69, 9.17) is 10.00 Å². The van der Waals surface area contributed by atoms with Gasteiger partial charge >= 0.3 is 0 Å². The van der Waals surface area contributed by atoms with Crippen LogP contribution >= 0.6 is 15.9 Å². The maximum absolute atomic E-state index is 12.2. The first kappa shape index (κ1) is 21.4. The van der Waals surface area contributed by atoms with E-state index in [0.29, 0.717) is 21.5 Å². The highest BCUT2D eigenvalue weighted by Gasteiger charge is 2.22. The average molecular weight is 465 g/mol. The summed E-state index contributed by atoms with van der Waals surface area (Å²) in [6, 6.07) is 15.3. The normalized spacial score (nSPS) is 11.0. The van der Waals surface area contributed by atoms with Gasteiger partial charge in [-0.25, -0.2) is 13.8 Å². The molecule has 0 atom stereocenters. The number of sulfonamides is 1. The number of hydrogen-bond donors (Lipinski definition) is 1. The van der Waals surface area contributed by atoms with E-state index < -0.39 is 22.5 Å². The number of ether oxygens (including phenoxy) is 1. The molecular weight excluding hydrogens is 448 g/mol. The minimum absolute atomic E-state index is 0.0438. The highest BCUT2D eigenvalue weighted by molar-refractivity contribution is 9.10. The molecule has 0 aromatic heterocycles. The third-order valence-electron chi connectivity index (χ3n) is 3.40. The van der Waals surface area contributed by atoms with Gasteiger partial charge in [0, 0.05) is 4.47 Å². The van der Waals surface area contributed by atoms with Gasteiger partial charge < -0.3 is 4.74 Å². The second-order valence-corrected chi connectivity index (χ2v) is 8.29. The molecule has 1 N–H and O–H groups in total. The topological polar surface area (TPSA) is 112 Å². The van der Waals surface area contributed by atoms with Crippen LogP contribution < -0.4 is 14.5 Å². The molecule has 0 bridgehead atoms. The Morgan fingerprint density at radius 2 is 1.96 bits per heavy atom. The second kappa shape index (κ2) is 9.87. The largest absolute Gasteiger partial charge is 0.479 e. The number of anilines is 1. The van der Waals surface area contributed by atoms with Crippen LogP contribution in [0.25, 0.3) is 0 Å². The lowest BCUT2D eigenvalue weighted by Crippen LogP contribution is -2.39. The summed E-state index contributed by atoms with van der Waals surface area (Å²) in [5, 5.41) is 12.3. The molecule has 146 valence electrons. The van der Waals surface area contributed by atoms with E-state index in [9.17, 15) is 13.2 Å². The summed E-state index contributed by atoms with van der Waals surface area (Å²) in [4.78, 5) is 12.2. The lowest BCUT2D eigenvalue weighted by molar-refractivity contribution is -0.119. The Morgan fingerprint density at radius 1 is 1.29 bits per heavy atom. The van der Waals surface area contributed by atoms with Crippen LogP contribution in [0.3, 0.4) is 0 Å². The zero-order chi connectivity index (χ0) is 20.6. The van der Waals surface area contributed by atoms with E-state index in [2.05, 4.69) is 26.5 Å². The fraction of sp³-hybridized carbons (Fsp3) is 0.167. The molecule has 0 saturated carbocycles. The predicted octanol–water partition coefficient (Wildman–Crippen LogP) is 2.27. The third-order valence-corrected chi connectivity index (χ3v) is 5.19. The van der Waals surface area contributed by atoms with Crippen molar-refractivity contribution in [3.8, 4) is 11.8 Å². The number of nitrogens with one attached hydrogen (secondary N) is 1. The van der Waals surface area contributed by atoms with Crippen LogP contribution in [0, 0.1) is 11.3 Å². The lowest BCUT2D eigenvalue weighted by atomic mass is 10.2. The first-order valence-corrected chi connectivity index (χ1v) is 10.6. The first-order valence-electron chi connectivity index (χ1n) is 7.95. The number of carbonyl (C=O) groups excluding carboxylic acids is 1. The molecule has 0 saturated heterocycles. The van der Waals surface area contributed by atoms with Crippen LogP contribution in [-0.2, 0) is 14.8 Å². The second-order valence-electron chi connectivity index (χ2n) is 5.53. The van der Waals surface area contributed by atoms with Crippen LogP contribution in [0.4, 0.5) is 5.69 Å². The number of nitriles is 1. The molecule has 10 heteroatoms. The SMILES string of the molecule is CS(=O)(=O)N(CC(=O)NN=Cc1ccc(OCC#N)cc1)c1ccccc1Br. The molecule has 0 spiro atoms. The molecule has 0 heterocycles. The summed E-state index contributed by atoms with van der Waals surface area (Å²) in [6.45, 7) is -0.461. The van der Waals surface area contributed by atoms with E-state index in [1.54, 1.807) is 48.5 Å². The minimum atomic E-state index is -3.67. The summed E-state index contributed by atoms with van der Waals surface area (Å²) in [5.41, 5.74) is 3.36. The average Bonchev–Trinajstić information content (AvgIpc) is 2.65. The number of para-hydroxylation sites is 1. The van der Waals surface area contributed by atoms with E-state index in [1.807, 2.05) is 6.07 Å². The summed E-state index contributed by atoms with van der Waals surface area (Å²) in [6.07, 6.45) is 2.44. The van der Waals surface area contributed by atoms with E-state index in [1.165, 1.54) is 6.21 Å². The Hall–Kier alpha value is -2.90. The molecule has 0 aliphatic carbocycles. The predicted molar refractivity (Wildman–Crippen MR) is 110 cm³/mol. The number of rotatable bonds is 8. The van der Waals surface area contributed by atoms with Gasteiger partial charge in [-0.1, -0.05) is 12.1 Å². The lowest BCUT2D eigenvalue weighted by Gasteiger charge is -2.22. The van der Waals surface area contributed by atoms with Crippen molar-refractivity contribution in [2.24, 2.45) is 5.10 Å². The van der Waals surface area contributed by atoms with Gasteiger partial charge in [-0.2, -0.15) is 10.4 Å². The van der Waals surface area contributed by atoms with Crippen molar-refractivity contribution in [2.45, 2.75) is 0 Å². The van der Waals surface area contributed by atoms with Crippen LogP contribution in [0.15, 0.2) is 58.1 Å². The van der Waals surface area contributed by atoms with Crippen LogP contribution in [0.2, 0.25) is 0 Å². The van der Waals surface area contributed by atoms with E-state index in [0.717, 1.165) is 10.6 Å². The van der Waals surface area contributed by atoms with Gasteiger partial charge in [-0.3, -0.25) is 9.10 Å². The standard InChI is InChI=1S/C18H17BrN4O4S/c1-28(25,26)23(17-5-3-2-4-16(17)19)13-18(24)22-21-12-14-6-8-15(9-7-14)27-11-10-20/h2-9,12H,11,13H2,1H3,(H,22,24). The number of nitrogens with zero attached hydrogens (tertiary/aromatic N) is 3. The van der Waals surface area contributed by atoms with Crippen molar-refractivity contribution in [3.05, 3.63) is 58.6 Å². The minimum Gasteiger partial charge on any atom is -0.479 e. The van der Waals surface area contributed by atoms with Gasteiger partial charge in [0.05, 0.1) is 18.2 Å². The molecule has 2 rings (SSSR count). The van der Waals surface area contributed by atoms with Gasteiger partial charge in [-0.15, -0.1) is 0 Å². The molecule has 28 heavy (non-hydrogen) atoms. The van der Waals surface area contributed by atoms with Crippen molar-refractivity contribution in [1.29, 1.82) is 5.26 Å². The molecule has 1 amide bonds. The highest BCUT2D eigenvalue weighted by atomic mass is 79.9. The van der Waals surface area contributed by atoms with Crippen molar-refractivity contribution in [2.75, 3.05) is 23.7 Å². The first-order chi connectivity index (χ1) is 13.3. The fourth-order valence-corrected chi connectivity index (χ4v) is 3.63. The molecule has 0 fully saturated rings. The quantitative estimate of drug-likeness (QED) is 0.475. The zero-order valence-corrected chi connectivity index (χ0v) is 17.3. The van der Waals surface area contributed by atoms with Gasteiger partial charge in [0.15, 0.2) is 6.61 Å². The Bertz CT molecular complexity index is 1000. The van der Waals surface area contributed by atoms with E-state index in [-0.39, 0.29) is 6.61 Å². The van der Waals surface area contributed by atoms with Gasteiger partial charge in [-0.05, 0) is 57.9 Å². The van der Waals surface area contributed by atoms with Crippen LogP contribution in [0.1, 0.15) is 5.56 Å². The summed E-state index contributed by atoms with van der Waals surface area (Å²) in [7, 11) is -3.67. The zero-order valence-electron chi connectivity index (χ0n) is 14.9. The Morgan fingerprint density at radius 3 is 2.57 bits per heavy atom. The number of hydrogen-bond acceptors (Lipinski definition) is 6. The number of hydrazone groups is 1.